The standard InChI is InChI=1S/C22H22N2O5/c1-3-14-4-6-16(7-5-14)24-11-15(8-21(24)26)22(27)23-18-10-20-19(28-12-29-20)9-17(18)13(2)25/h4-7,9-10,15H,3,8,11-12H2,1-2H3,(H,23,27). The third-order valence-corrected chi connectivity index (χ3v) is 5.30. The number of ketones is 1. The van der Waals surface area contributed by atoms with Crippen LogP contribution in [0.25, 0.3) is 0 Å². The molecule has 29 heavy (non-hydrogen) atoms. The Kier molecular flexibility index (Phi) is 4.96. The highest BCUT2D eigenvalue weighted by atomic mass is 16.7. The van der Waals surface area contributed by atoms with Crippen molar-refractivity contribution in [1.82, 2.24) is 0 Å². The van der Waals surface area contributed by atoms with Crippen molar-refractivity contribution in [2.45, 2.75) is 26.7 Å². The van der Waals surface area contributed by atoms with Crippen LogP contribution in [0.1, 0.15) is 36.2 Å². The average molecular weight is 394 g/mol. The van der Waals surface area contributed by atoms with Crippen LogP contribution in [-0.2, 0) is 16.0 Å². The van der Waals surface area contributed by atoms with E-state index in [-0.39, 0.29) is 30.8 Å². The number of hydrogen-bond acceptors (Lipinski definition) is 5. The quantitative estimate of drug-likeness (QED) is 0.788. The van der Waals surface area contributed by atoms with E-state index in [0.717, 1.165) is 12.1 Å². The summed E-state index contributed by atoms with van der Waals surface area (Å²) in [5.74, 6) is -0.132. The number of fused-ring (bicyclic) bond motifs is 1. The van der Waals surface area contributed by atoms with Gasteiger partial charge in [-0.1, -0.05) is 19.1 Å². The van der Waals surface area contributed by atoms with E-state index >= 15 is 0 Å². The summed E-state index contributed by atoms with van der Waals surface area (Å²) in [6, 6.07) is 10.9. The van der Waals surface area contributed by atoms with Gasteiger partial charge in [-0.15, -0.1) is 0 Å². The van der Waals surface area contributed by atoms with E-state index in [0.29, 0.717) is 29.3 Å². The Morgan fingerprint density at radius 1 is 1.14 bits per heavy atom. The number of ether oxygens (including phenoxy) is 2. The first-order valence-electron chi connectivity index (χ1n) is 9.61. The summed E-state index contributed by atoms with van der Waals surface area (Å²) >= 11 is 0. The second-order valence-electron chi connectivity index (χ2n) is 7.22. The predicted molar refractivity (Wildman–Crippen MR) is 107 cm³/mol. The maximum atomic E-state index is 12.8. The first kappa shape index (κ1) is 19.0. The fourth-order valence-corrected chi connectivity index (χ4v) is 3.62. The molecular weight excluding hydrogens is 372 g/mol. The normalized spacial score (nSPS) is 17.5. The zero-order chi connectivity index (χ0) is 20.5. The molecule has 0 bridgehead atoms. The summed E-state index contributed by atoms with van der Waals surface area (Å²) in [5.41, 5.74) is 2.69. The third kappa shape index (κ3) is 3.68. The smallest absolute Gasteiger partial charge is 0.231 e. The van der Waals surface area contributed by atoms with Crippen molar-refractivity contribution in [2.75, 3.05) is 23.6 Å². The molecular formula is C22H22N2O5. The molecule has 1 unspecified atom stereocenters. The van der Waals surface area contributed by atoms with Gasteiger partial charge < -0.3 is 19.7 Å². The zero-order valence-electron chi connectivity index (χ0n) is 16.4. The van der Waals surface area contributed by atoms with Crippen molar-refractivity contribution >= 4 is 29.0 Å². The molecule has 4 rings (SSSR count). The van der Waals surface area contributed by atoms with Crippen molar-refractivity contribution in [3.8, 4) is 11.5 Å². The largest absolute Gasteiger partial charge is 0.454 e. The Hall–Kier alpha value is -3.35. The first-order chi connectivity index (χ1) is 14.0. The maximum Gasteiger partial charge on any atom is 0.231 e. The van der Waals surface area contributed by atoms with Gasteiger partial charge in [0.2, 0.25) is 18.6 Å². The second kappa shape index (κ2) is 7.58. The van der Waals surface area contributed by atoms with E-state index in [1.54, 1.807) is 17.0 Å². The number of carbonyl (C=O) groups is 3. The Morgan fingerprint density at radius 2 is 1.83 bits per heavy atom. The molecule has 2 aromatic carbocycles. The van der Waals surface area contributed by atoms with Gasteiger partial charge in [-0.05, 0) is 37.1 Å². The van der Waals surface area contributed by atoms with Gasteiger partial charge in [0.15, 0.2) is 17.3 Å². The number of carbonyl (C=O) groups excluding carboxylic acids is 3. The van der Waals surface area contributed by atoms with Crippen LogP contribution < -0.4 is 19.7 Å². The highest BCUT2D eigenvalue weighted by Crippen LogP contribution is 2.37. The molecule has 150 valence electrons. The number of amides is 2. The van der Waals surface area contributed by atoms with Crippen LogP contribution in [0.2, 0.25) is 0 Å². The minimum Gasteiger partial charge on any atom is -0.454 e. The molecule has 0 radical (unpaired) electrons. The lowest BCUT2D eigenvalue weighted by atomic mass is 10.1. The Labute approximate surface area is 168 Å². The minimum atomic E-state index is -0.501. The van der Waals surface area contributed by atoms with Crippen LogP contribution in [0.15, 0.2) is 36.4 Å². The SMILES string of the molecule is CCc1ccc(N2CC(C(=O)Nc3cc4c(cc3C(C)=O)OCO4)CC2=O)cc1. The van der Waals surface area contributed by atoms with E-state index in [2.05, 4.69) is 12.2 Å². The van der Waals surface area contributed by atoms with Crippen LogP contribution in [0.5, 0.6) is 11.5 Å². The number of nitrogens with one attached hydrogen (secondary N) is 1. The monoisotopic (exact) mass is 394 g/mol. The fraction of sp³-hybridized carbons (Fsp3) is 0.318. The summed E-state index contributed by atoms with van der Waals surface area (Å²) in [6.07, 6.45) is 1.05. The van der Waals surface area contributed by atoms with Crippen LogP contribution in [-0.4, -0.2) is 30.9 Å². The van der Waals surface area contributed by atoms with Gasteiger partial charge in [0.05, 0.1) is 11.6 Å². The van der Waals surface area contributed by atoms with Gasteiger partial charge in [0.25, 0.3) is 0 Å². The van der Waals surface area contributed by atoms with Crippen molar-refractivity contribution in [1.29, 1.82) is 0 Å². The molecule has 0 aliphatic carbocycles. The van der Waals surface area contributed by atoms with E-state index in [9.17, 15) is 14.4 Å². The van der Waals surface area contributed by atoms with Gasteiger partial charge in [-0.25, -0.2) is 0 Å². The van der Waals surface area contributed by atoms with E-state index in [4.69, 9.17) is 9.47 Å². The maximum absolute atomic E-state index is 12.8. The van der Waals surface area contributed by atoms with Crippen molar-refractivity contribution in [2.24, 2.45) is 5.92 Å². The minimum absolute atomic E-state index is 0.0764. The number of aryl methyl sites for hydroxylation is 1. The third-order valence-electron chi connectivity index (χ3n) is 5.30. The lowest BCUT2D eigenvalue weighted by Crippen LogP contribution is -2.28. The van der Waals surface area contributed by atoms with Gasteiger partial charge >= 0.3 is 0 Å². The van der Waals surface area contributed by atoms with E-state index < -0.39 is 5.92 Å². The predicted octanol–water partition coefficient (Wildman–Crippen LogP) is 3.17. The summed E-state index contributed by atoms with van der Waals surface area (Å²) in [7, 11) is 0. The Bertz CT molecular complexity index is 983. The lowest BCUT2D eigenvalue weighted by molar-refractivity contribution is -0.122. The van der Waals surface area contributed by atoms with Crippen LogP contribution in [0.3, 0.4) is 0 Å². The number of hydrogen-bond donors (Lipinski definition) is 1. The summed E-state index contributed by atoms with van der Waals surface area (Å²) in [6.45, 7) is 3.87. The topological polar surface area (TPSA) is 84.9 Å². The zero-order valence-corrected chi connectivity index (χ0v) is 16.4. The molecule has 7 heteroatoms. The molecule has 0 aromatic heterocycles. The number of nitrogens with zero attached hydrogens (tertiary/aromatic N) is 1. The Balaban J connectivity index is 1.51. The molecule has 2 heterocycles. The molecule has 2 aromatic rings. The molecule has 0 spiro atoms. The fourth-order valence-electron chi connectivity index (χ4n) is 3.62. The summed E-state index contributed by atoms with van der Waals surface area (Å²) < 4.78 is 10.6. The van der Waals surface area contributed by atoms with Crippen LogP contribution in [0, 0.1) is 5.92 Å². The molecule has 7 nitrogen and oxygen atoms in total. The number of anilines is 2. The second-order valence-corrected chi connectivity index (χ2v) is 7.22. The van der Waals surface area contributed by atoms with E-state index in [1.807, 2.05) is 24.3 Å². The van der Waals surface area contributed by atoms with Crippen LogP contribution in [0.4, 0.5) is 11.4 Å². The number of rotatable bonds is 5. The molecule has 2 aliphatic rings. The lowest BCUT2D eigenvalue weighted by Gasteiger charge is -2.17. The van der Waals surface area contributed by atoms with E-state index in [1.165, 1.54) is 12.5 Å². The molecule has 1 fully saturated rings. The first-order valence-corrected chi connectivity index (χ1v) is 9.61. The molecule has 0 saturated carbocycles. The van der Waals surface area contributed by atoms with Gasteiger partial charge in [-0.3, -0.25) is 14.4 Å². The Morgan fingerprint density at radius 3 is 2.48 bits per heavy atom. The highest BCUT2D eigenvalue weighted by Gasteiger charge is 2.35. The summed E-state index contributed by atoms with van der Waals surface area (Å²) in [5, 5.41) is 2.80. The summed E-state index contributed by atoms with van der Waals surface area (Å²) in [4.78, 5) is 39.0. The average Bonchev–Trinajstić information content (AvgIpc) is 3.33. The van der Waals surface area contributed by atoms with Gasteiger partial charge in [0, 0.05) is 30.3 Å². The van der Waals surface area contributed by atoms with Gasteiger partial charge in [0.1, 0.15) is 0 Å². The molecule has 2 aliphatic heterocycles. The molecule has 1 N–H and O–H groups in total. The highest BCUT2D eigenvalue weighted by molar-refractivity contribution is 6.07. The molecule has 1 saturated heterocycles. The molecule has 2 amide bonds. The van der Waals surface area contributed by atoms with Crippen LogP contribution >= 0.6 is 0 Å². The number of benzene rings is 2. The number of Topliss-reactive ketones (excluding diaryl/α,β-unsaturated/α-hetero) is 1. The van der Waals surface area contributed by atoms with Crippen molar-refractivity contribution in [3.05, 3.63) is 47.5 Å². The van der Waals surface area contributed by atoms with Crippen molar-refractivity contribution < 1.29 is 23.9 Å². The van der Waals surface area contributed by atoms with Gasteiger partial charge in [-0.2, -0.15) is 0 Å². The molecule has 1 atom stereocenters. The van der Waals surface area contributed by atoms with Crippen molar-refractivity contribution in [3.63, 3.8) is 0 Å².